The normalized spacial score (nSPS) is 19.5. The first-order valence-corrected chi connectivity index (χ1v) is 11.5. The van der Waals surface area contributed by atoms with Gasteiger partial charge in [-0.1, -0.05) is 42.1 Å². The van der Waals surface area contributed by atoms with Crippen molar-refractivity contribution in [2.45, 2.75) is 37.8 Å². The smallest absolute Gasteiger partial charge is 0.261 e. The number of rotatable bonds is 5. The number of likely N-dealkylation sites (N-methyl/N-ethyl adjacent to an activating group) is 2. The van der Waals surface area contributed by atoms with Gasteiger partial charge in [-0.25, -0.2) is 0 Å². The quantitative estimate of drug-likeness (QED) is 0.541. The molecule has 0 heterocycles. The van der Waals surface area contributed by atoms with E-state index in [2.05, 4.69) is 18.5 Å². The van der Waals surface area contributed by atoms with Crippen molar-refractivity contribution in [1.82, 2.24) is 9.80 Å². The number of carbonyl (C=O) groups is 1. The molecule has 158 valence electrons. The van der Waals surface area contributed by atoms with E-state index in [1.807, 2.05) is 18.0 Å². The molecule has 1 amide bonds. The lowest BCUT2D eigenvalue weighted by Gasteiger charge is -2.42. The van der Waals surface area contributed by atoms with Crippen molar-refractivity contribution >= 4 is 39.2 Å². The lowest BCUT2D eigenvalue weighted by molar-refractivity contribution is 0.0522. The SMILES string of the molecule is C=CCN(C)[C@@H]1CCCC[C@H]1N(C)C(=O)c1ccc(Cl)c(Cl)c1.CS(=O)(=O)O. The number of nitrogens with zero attached hydrogens (tertiary/aromatic N) is 2. The van der Waals surface area contributed by atoms with Gasteiger partial charge in [-0.3, -0.25) is 14.2 Å². The van der Waals surface area contributed by atoms with Gasteiger partial charge in [0.2, 0.25) is 0 Å². The van der Waals surface area contributed by atoms with Gasteiger partial charge in [-0.15, -0.1) is 6.58 Å². The second-order valence-corrected chi connectivity index (χ2v) is 9.21. The molecule has 0 bridgehead atoms. The predicted octanol–water partition coefficient (Wildman–Crippen LogP) is 4.00. The van der Waals surface area contributed by atoms with Gasteiger partial charge >= 0.3 is 0 Å². The first-order chi connectivity index (χ1) is 13.0. The van der Waals surface area contributed by atoms with Crippen molar-refractivity contribution in [1.29, 1.82) is 0 Å². The van der Waals surface area contributed by atoms with Crippen LogP contribution in [0.1, 0.15) is 36.0 Å². The number of hydrogen-bond acceptors (Lipinski definition) is 4. The van der Waals surface area contributed by atoms with E-state index in [0.717, 1.165) is 25.8 Å². The molecule has 0 saturated heterocycles. The summed E-state index contributed by atoms with van der Waals surface area (Å²) in [5, 5.41) is 0.877. The molecule has 1 aromatic rings. The van der Waals surface area contributed by atoms with Crippen molar-refractivity contribution in [3.63, 3.8) is 0 Å². The topological polar surface area (TPSA) is 77.9 Å². The minimum Gasteiger partial charge on any atom is -0.337 e. The molecule has 0 unspecified atom stereocenters. The summed E-state index contributed by atoms with van der Waals surface area (Å²) in [6, 6.07) is 5.62. The minimum absolute atomic E-state index is 0.00697. The standard InChI is InChI=1S/C18H24Cl2N2O.CH4O3S/c1-4-11-21(2)16-7-5-6-8-17(16)22(3)18(23)13-9-10-14(19)15(20)12-13;1-5(2,3)4/h4,9-10,12,16-17H,1,5-8,11H2,2-3H3;1H3,(H,2,3,4)/t16-,17-;/m1./s1. The van der Waals surface area contributed by atoms with E-state index in [4.69, 9.17) is 27.8 Å². The van der Waals surface area contributed by atoms with Crippen molar-refractivity contribution in [3.05, 3.63) is 46.5 Å². The van der Waals surface area contributed by atoms with Crippen LogP contribution in [0, 0.1) is 0 Å². The Morgan fingerprint density at radius 2 is 1.75 bits per heavy atom. The molecule has 1 fully saturated rings. The molecular weight excluding hydrogens is 423 g/mol. The molecular formula is C19H28Cl2N2O4S. The molecule has 1 saturated carbocycles. The zero-order valence-corrected chi connectivity index (χ0v) is 18.8. The van der Waals surface area contributed by atoms with Crippen LogP contribution in [0.5, 0.6) is 0 Å². The fourth-order valence-electron chi connectivity index (χ4n) is 3.38. The van der Waals surface area contributed by atoms with Crippen LogP contribution < -0.4 is 0 Å². The van der Waals surface area contributed by atoms with Crippen molar-refractivity contribution < 1.29 is 17.8 Å². The Labute approximate surface area is 177 Å². The zero-order chi connectivity index (χ0) is 21.5. The Bertz CT molecular complexity index is 778. The summed E-state index contributed by atoms with van der Waals surface area (Å²) in [7, 11) is 0.317. The summed E-state index contributed by atoms with van der Waals surface area (Å²) in [5.74, 6) is -0.00697. The molecule has 0 spiro atoms. The third-order valence-corrected chi connectivity index (χ3v) is 5.40. The van der Waals surface area contributed by atoms with Crippen LogP contribution in [0.25, 0.3) is 0 Å². The van der Waals surface area contributed by atoms with E-state index >= 15 is 0 Å². The maximum Gasteiger partial charge on any atom is 0.261 e. The van der Waals surface area contributed by atoms with Crippen LogP contribution in [0.4, 0.5) is 0 Å². The van der Waals surface area contributed by atoms with Gasteiger partial charge in [0.05, 0.1) is 16.3 Å². The largest absolute Gasteiger partial charge is 0.337 e. The van der Waals surface area contributed by atoms with Crippen LogP contribution in [-0.4, -0.2) is 67.7 Å². The van der Waals surface area contributed by atoms with E-state index in [9.17, 15) is 13.2 Å². The summed E-state index contributed by atoms with van der Waals surface area (Å²) >= 11 is 12.0. The van der Waals surface area contributed by atoms with Gasteiger partial charge in [0, 0.05) is 31.2 Å². The average Bonchev–Trinajstić information content (AvgIpc) is 2.61. The summed E-state index contributed by atoms with van der Waals surface area (Å²) in [5.41, 5.74) is 0.581. The van der Waals surface area contributed by atoms with Crippen molar-refractivity contribution in [2.75, 3.05) is 26.9 Å². The summed E-state index contributed by atoms with van der Waals surface area (Å²) in [4.78, 5) is 17.0. The van der Waals surface area contributed by atoms with Crippen LogP contribution in [-0.2, 0) is 10.1 Å². The number of hydrogen-bond donors (Lipinski definition) is 1. The molecule has 6 nitrogen and oxygen atoms in total. The summed E-state index contributed by atoms with van der Waals surface area (Å²) < 4.78 is 25.9. The zero-order valence-electron chi connectivity index (χ0n) is 16.4. The van der Waals surface area contributed by atoms with E-state index in [1.165, 1.54) is 6.42 Å². The van der Waals surface area contributed by atoms with Crippen molar-refractivity contribution in [2.24, 2.45) is 0 Å². The third kappa shape index (κ3) is 8.09. The number of halogens is 2. The van der Waals surface area contributed by atoms with E-state index in [-0.39, 0.29) is 11.9 Å². The fourth-order valence-corrected chi connectivity index (χ4v) is 3.68. The fraction of sp³-hybridized carbons (Fsp3) is 0.526. The van der Waals surface area contributed by atoms with E-state index in [1.54, 1.807) is 18.2 Å². The van der Waals surface area contributed by atoms with Crippen molar-refractivity contribution in [3.8, 4) is 0 Å². The highest BCUT2D eigenvalue weighted by molar-refractivity contribution is 7.85. The predicted molar refractivity (Wildman–Crippen MR) is 115 cm³/mol. The molecule has 0 aliphatic heterocycles. The Kier molecular flexibility index (Phi) is 9.94. The van der Waals surface area contributed by atoms with Gasteiger partial charge in [-0.2, -0.15) is 8.42 Å². The molecule has 28 heavy (non-hydrogen) atoms. The third-order valence-electron chi connectivity index (χ3n) is 4.66. The highest BCUT2D eigenvalue weighted by Gasteiger charge is 2.33. The van der Waals surface area contributed by atoms with E-state index < -0.39 is 10.1 Å². The molecule has 1 N–H and O–H groups in total. The van der Waals surface area contributed by atoms with Gasteiger partial charge in [0.15, 0.2) is 0 Å². The van der Waals surface area contributed by atoms with Crippen LogP contribution in [0.2, 0.25) is 10.0 Å². The average molecular weight is 451 g/mol. The second-order valence-electron chi connectivity index (χ2n) is 6.93. The molecule has 2 rings (SSSR count). The monoisotopic (exact) mass is 450 g/mol. The van der Waals surface area contributed by atoms with Crippen LogP contribution >= 0.6 is 23.2 Å². The number of carbonyl (C=O) groups excluding carboxylic acids is 1. The van der Waals surface area contributed by atoms with Crippen LogP contribution in [0.3, 0.4) is 0 Å². The highest BCUT2D eigenvalue weighted by Crippen LogP contribution is 2.28. The van der Waals surface area contributed by atoms with Crippen LogP contribution in [0.15, 0.2) is 30.9 Å². The first kappa shape index (κ1) is 24.9. The van der Waals surface area contributed by atoms with Gasteiger partial charge in [0.25, 0.3) is 16.0 Å². The minimum atomic E-state index is -3.67. The maximum atomic E-state index is 12.8. The lowest BCUT2D eigenvalue weighted by atomic mass is 9.88. The summed E-state index contributed by atoms with van der Waals surface area (Å²) in [6.45, 7) is 4.65. The van der Waals surface area contributed by atoms with Gasteiger partial charge in [-0.05, 0) is 38.1 Å². The number of amides is 1. The molecule has 1 aromatic carbocycles. The maximum absolute atomic E-state index is 12.8. The number of benzene rings is 1. The molecule has 1 aliphatic carbocycles. The highest BCUT2D eigenvalue weighted by atomic mass is 35.5. The molecule has 0 aromatic heterocycles. The second kappa shape index (κ2) is 11.2. The molecule has 9 heteroatoms. The Balaban J connectivity index is 0.000000696. The Morgan fingerprint density at radius 1 is 1.21 bits per heavy atom. The molecule has 1 aliphatic rings. The lowest BCUT2D eigenvalue weighted by Crippen LogP contribution is -2.52. The van der Waals surface area contributed by atoms with Gasteiger partial charge < -0.3 is 4.90 Å². The summed E-state index contributed by atoms with van der Waals surface area (Å²) in [6.07, 6.45) is 7.11. The Hall–Kier alpha value is -1.12. The van der Waals surface area contributed by atoms with Gasteiger partial charge in [0.1, 0.15) is 0 Å². The van der Waals surface area contributed by atoms with E-state index in [0.29, 0.717) is 27.9 Å². The molecule has 0 radical (unpaired) electrons. The Morgan fingerprint density at radius 3 is 2.25 bits per heavy atom. The molecule has 2 atom stereocenters. The first-order valence-electron chi connectivity index (χ1n) is 8.91.